The van der Waals surface area contributed by atoms with Crippen LogP contribution in [0.25, 0.3) is 10.4 Å². The number of amides is 5. The number of anilines is 2. The average molecular weight is 1020 g/mol. The van der Waals surface area contributed by atoms with Crippen molar-refractivity contribution in [2.75, 3.05) is 56.1 Å². The Kier molecular flexibility index (Phi) is 17.1. The van der Waals surface area contributed by atoms with Crippen molar-refractivity contribution < 1.29 is 33.8 Å². The molecule has 3 aliphatic heterocycles. The number of aryl methyl sites for hydroxylation is 1. The number of thiazole rings is 1. The smallest absolute Gasteiger partial charge is 0.246 e. The zero-order valence-electron chi connectivity index (χ0n) is 40.8. The standard InChI is InChI=1S/C50H65ClN10O7S2/c1-30-45(69-29-56-30)33-10-11-34(23-55-47(66)37-21-35(63)26-61(37)48(67)46(49(3,4)5)57-31(2)62)38(20-33)68-27-32-12-16-60(17-13-32)43(65)22-41(64)58-36-8-7-9-39(44(36)51)70-42-25-53-40(24-54-42)59-18-14-50(6,28-52)15-19-59/h7-11,20,24-25,29,32,35,37,46,63H,12-19,21-23,26-28,52H2,1-6H3,(H,55,66)(H,57,62)(H,58,64)/t35-,37+,46-/m1/s1. The number of aliphatic hydroxyl groups is 1. The van der Waals surface area contributed by atoms with E-state index in [2.05, 4.69) is 42.7 Å². The van der Waals surface area contributed by atoms with Crippen molar-refractivity contribution in [3.05, 3.63) is 70.6 Å². The van der Waals surface area contributed by atoms with E-state index in [1.165, 1.54) is 34.9 Å². The predicted molar refractivity (Wildman–Crippen MR) is 272 cm³/mol. The van der Waals surface area contributed by atoms with Crippen molar-refractivity contribution in [1.29, 1.82) is 0 Å². The first kappa shape index (κ1) is 52.5. The maximum Gasteiger partial charge on any atom is 0.246 e. The van der Waals surface area contributed by atoms with Crippen LogP contribution in [0.3, 0.4) is 0 Å². The number of hydrogen-bond acceptors (Lipinski definition) is 14. The Hall–Kier alpha value is -5.34. The summed E-state index contributed by atoms with van der Waals surface area (Å²) in [5.74, 6) is -0.444. The largest absolute Gasteiger partial charge is 0.493 e. The van der Waals surface area contributed by atoms with Gasteiger partial charge in [0.15, 0.2) is 0 Å². The van der Waals surface area contributed by atoms with Crippen molar-refractivity contribution in [2.45, 2.75) is 115 Å². The molecule has 2 aromatic heterocycles. The van der Waals surface area contributed by atoms with Gasteiger partial charge in [0.2, 0.25) is 29.5 Å². The van der Waals surface area contributed by atoms with E-state index in [4.69, 9.17) is 22.1 Å². The number of likely N-dealkylation sites (tertiary alicyclic amines) is 2. The minimum atomic E-state index is -0.929. The summed E-state index contributed by atoms with van der Waals surface area (Å²) in [6.45, 7) is 14.8. The summed E-state index contributed by atoms with van der Waals surface area (Å²) >= 11 is 9.63. The van der Waals surface area contributed by atoms with Gasteiger partial charge in [-0.2, -0.15) is 0 Å². The van der Waals surface area contributed by atoms with E-state index >= 15 is 0 Å². The minimum absolute atomic E-state index is 0.0239. The average Bonchev–Trinajstić information content (AvgIpc) is 3.95. The molecule has 6 N–H and O–H groups in total. The molecular formula is C50H65ClN10O7S2. The van der Waals surface area contributed by atoms with E-state index in [-0.39, 0.29) is 49.1 Å². The number of nitrogens with two attached hydrogens (primary N) is 1. The number of carbonyl (C=O) groups is 5. The van der Waals surface area contributed by atoms with Gasteiger partial charge in [-0.25, -0.2) is 15.0 Å². The lowest BCUT2D eigenvalue weighted by Gasteiger charge is -2.39. The molecular weight excluding hydrogens is 952 g/mol. The van der Waals surface area contributed by atoms with Gasteiger partial charge >= 0.3 is 0 Å². The van der Waals surface area contributed by atoms with Crippen LogP contribution in [0.15, 0.2) is 64.2 Å². The van der Waals surface area contributed by atoms with Gasteiger partial charge in [-0.1, -0.05) is 69.3 Å². The Balaban J connectivity index is 0.911. The molecule has 5 heterocycles. The summed E-state index contributed by atoms with van der Waals surface area (Å²) in [5, 5.41) is 20.1. The lowest BCUT2D eigenvalue weighted by Crippen LogP contribution is -2.57. The Morgan fingerprint density at radius 1 is 1.04 bits per heavy atom. The highest BCUT2D eigenvalue weighted by atomic mass is 35.5. The van der Waals surface area contributed by atoms with Crippen LogP contribution >= 0.6 is 34.7 Å². The summed E-state index contributed by atoms with van der Waals surface area (Å²) in [6.07, 6.45) is 5.66. The molecule has 0 unspecified atom stereocenters. The fourth-order valence-electron chi connectivity index (χ4n) is 8.98. The van der Waals surface area contributed by atoms with Gasteiger partial charge in [-0.15, -0.1) is 11.3 Å². The molecule has 4 aromatic rings. The molecule has 3 atom stereocenters. The van der Waals surface area contributed by atoms with Crippen LogP contribution in [0, 0.1) is 23.7 Å². The molecule has 7 rings (SSSR count). The first-order valence-electron chi connectivity index (χ1n) is 23.8. The SMILES string of the molecule is CC(=O)N[C@H](C(=O)N1C[C@H](O)C[C@H]1C(=O)NCc1ccc(-c2scnc2C)cc1OCC1CCN(C(=O)CC(=O)Nc2cccc(Sc3cnc(N4CCC(C)(CN)CC4)cn3)c2Cl)CC1)C(C)(C)C. The number of nitrogens with zero attached hydrogens (tertiary/aromatic N) is 6. The number of aliphatic hydroxyl groups excluding tert-OH is 1. The van der Waals surface area contributed by atoms with Crippen LogP contribution in [0.1, 0.15) is 84.4 Å². The Labute approximate surface area is 423 Å². The molecule has 376 valence electrons. The molecule has 0 radical (unpaired) electrons. The number of rotatable bonds is 16. The molecule has 70 heavy (non-hydrogen) atoms. The van der Waals surface area contributed by atoms with Crippen LogP contribution in [0.5, 0.6) is 5.75 Å². The third kappa shape index (κ3) is 13.1. The highest BCUT2D eigenvalue weighted by Gasteiger charge is 2.44. The number of halogens is 1. The van der Waals surface area contributed by atoms with E-state index in [0.29, 0.717) is 65.5 Å². The number of β-amino-alcohol motifs (C(OH)–C–C–N with tert-alkyl or cyclic N) is 1. The Morgan fingerprint density at radius 3 is 2.43 bits per heavy atom. The second kappa shape index (κ2) is 22.8. The molecule has 5 amide bonds. The molecule has 3 fully saturated rings. The number of nitrogens with one attached hydrogen (secondary N) is 3. The Morgan fingerprint density at radius 2 is 1.79 bits per heavy atom. The van der Waals surface area contributed by atoms with E-state index in [1.54, 1.807) is 34.9 Å². The van der Waals surface area contributed by atoms with Gasteiger partial charge in [0, 0.05) is 63.1 Å². The van der Waals surface area contributed by atoms with Gasteiger partial charge in [-0.3, -0.25) is 24.0 Å². The summed E-state index contributed by atoms with van der Waals surface area (Å²) in [5.41, 5.74) is 10.2. The number of ether oxygens (including phenoxy) is 1. The summed E-state index contributed by atoms with van der Waals surface area (Å²) < 4.78 is 6.51. The quantitative estimate of drug-likeness (QED) is 0.0807. The normalized spacial score (nSPS) is 18.8. The van der Waals surface area contributed by atoms with Crippen LogP contribution < -0.4 is 31.3 Å². The molecule has 0 spiro atoms. The first-order chi connectivity index (χ1) is 33.3. The third-order valence-electron chi connectivity index (χ3n) is 13.5. The summed E-state index contributed by atoms with van der Waals surface area (Å²) in [6, 6.07) is 9.32. The highest BCUT2D eigenvalue weighted by molar-refractivity contribution is 7.99. The topological polar surface area (TPSA) is 225 Å². The number of hydrogen-bond donors (Lipinski definition) is 5. The number of aromatic nitrogens is 3. The molecule has 20 heteroatoms. The second-order valence-corrected chi connectivity index (χ2v) is 22.3. The number of piperidine rings is 2. The lowest BCUT2D eigenvalue weighted by molar-refractivity contribution is -0.143. The molecule has 2 aromatic carbocycles. The van der Waals surface area contributed by atoms with E-state index in [9.17, 15) is 29.1 Å². The molecule has 3 saturated heterocycles. The maximum absolute atomic E-state index is 13.8. The van der Waals surface area contributed by atoms with E-state index < -0.39 is 41.3 Å². The van der Waals surface area contributed by atoms with Crippen LogP contribution in [-0.4, -0.2) is 123 Å². The van der Waals surface area contributed by atoms with Gasteiger partial charge in [0.05, 0.1) is 51.9 Å². The van der Waals surface area contributed by atoms with Gasteiger partial charge < -0.3 is 46.2 Å². The molecule has 0 aliphatic carbocycles. The highest BCUT2D eigenvalue weighted by Crippen LogP contribution is 2.38. The van der Waals surface area contributed by atoms with Crippen molar-refractivity contribution in [3.63, 3.8) is 0 Å². The fraction of sp³-hybridized carbons (Fsp3) is 0.520. The van der Waals surface area contributed by atoms with Crippen LogP contribution in [-0.2, 0) is 30.5 Å². The Bertz CT molecular complexity index is 2520. The van der Waals surface area contributed by atoms with Crippen molar-refractivity contribution in [2.24, 2.45) is 22.5 Å². The van der Waals surface area contributed by atoms with Crippen LogP contribution in [0.2, 0.25) is 5.02 Å². The van der Waals surface area contributed by atoms with Gasteiger partial charge in [0.1, 0.15) is 35.1 Å². The molecule has 3 aliphatic rings. The van der Waals surface area contributed by atoms with Gasteiger partial charge in [0.25, 0.3) is 0 Å². The zero-order chi connectivity index (χ0) is 50.3. The monoisotopic (exact) mass is 1020 g/mol. The van der Waals surface area contributed by atoms with Crippen molar-refractivity contribution in [1.82, 2.24) is 35.4 Å². The van der Waals surface area contributed by atoms with Crippen molar-refractivity contribution >= 4 is 75.7 Å². The first-order valence-corrected chi connectivity index (χ1v) is 25.9. The lowest BCUT2D eigenvalue weighted by atomic mass is 9.80. The third-order valence-corrected chi connectivity index (χ3v) is 15.9. The van der Waals surface area contributed by atoms with Gasteiger partial charge in [-0.05, 0) is 79.7 Å². The second-order valence-electron chi connectivity index (χ2n) is 20.0. The zero-order valence-corrected chi connectivity index (χ0v) is 43.1. The minimum Gasteiger partial charge on any atom is -0.493 e. The molecule has 17 nitrogen and oxygen atoms in total. The maximum atomic E-state index is 13.8. The summed E-state index contributed by atoms with van der Waals surface area (Å²) in [4.78, 5) is 86.8. The van der Waals surface area contributed by atoms with E-state index in [0.717, 1.165) is 53.4 Å². The fourth-order valence-corrected chi connectivity index (χ4v) is 10.9. The summed E-state index contributed by atoms with van der Waals surface area (Å²) in [7, 11) is 0. The van der Waals surface area contributed by atoms with Crippen LogP contribution in [0.4, 0.5) is 11.5 Å². The van der Waals surface area contributed by atoms with Crippen molar-refractivity contribution in [3.8, 4) is 16.2 Å². The number of benzene rings is 2. The predicted octanol–water partition coefficient (Wildman–Crippen LogP) is 6.05. The molecule has 0 saturated carbocycles. The number of carbonyl (C=O) groups excluding carboxylic acids is 5. The van der Waals surface area contributed by atoms with E-state index in [1.807, 2.05) is 52.0 Å². The molecule has 0 bridgehead atoms.